The quantitative estimate of drug-likeness (QED) is 0.541. The van der Waals surface area contributed by atoms with E-state index in [9.17, 15) is 4.79 Å². The van der Waals surface area contributed by atoms with Gasteiger partial charge in [0, 0.05) is 16.8 Å². The number of amides is 1. The largest absolute Gasteiger partial charge is 0.397 e. The first-order valence-corrected chi connectivity index (χ1v) is 9.08. The standard InChI is InChI=1S/C15H24BrN3OS/c1-4-19(5-2)6-7-21-10-14(20)18-13-9-12(16)8-11(3)15(13)17/h8-9H,4-7,10,17H2,1-3H3,(H,18,20). The third-order valence-corrected chi connectivity index (χ3v) is 4.70. The van der Waals surface area contributed by atoms with E-state index in [1.165, 1.54) is 0 Å². The molecule has 0 spiro atoms. The van der Waals surface area contributed by atoms with Gasteiger partial charge in [-0.25, -0.2) is 0 Å². The highest BCUT2D eigenvalue weighted by Crippen LogP contribution is 2.27. The van der Waals surface area contributed by atoms with Crippen molar-refractivity contribution in [2.75, 3.05) is 42.2 Å². The number of hydrogen-bond donors (Lipinski definition) is 2. The normalized spacial score (nSPS) is 10.9. The lowest BCUT2D eigenvalue weighted by molar-refractivity contribution is -0.113. The first-order chi connectivity index (χ1) is 9.97. The molecule has 0 aromatic heterocycles. The number of thioether (sulfide) groups is 1. The van der Waals surface area contributed by atoms with Crippen LogP contribution >= 0.6 is 27.7 Å². The highest BCUT2D eigenvalue weighted by molar-refractivity contribution is 9.10. The first-order valence-electron chi connectivity index (χ1n) is 7.13. The van der Waals surface area contributed by atoms with Gasteiger partial charge in [0.15, 0.2) is 0 Å². The van der Waals surface area contributed by atoms with Gasteiger partial charge in [0.25, 0.3) is 0 Å². The van der Waals surface area contributed by atoms with E-state index in [4.69, 9.17) is 5.73 Å². The number of carbonyl (C=O) groups excluding carboxylic acids is 1. The van der Waals surface area contributed by atoms with Crippen LogP contribution in [-0.4, -0.2) is 41.9 Å². The second kappa shape index (κ2) is 9.33. The summed E-state index contributed by atoms with van der Waals surface area (Å²) in [4.78, 5) is 14.3. The molecule has 0 aliphatic heterocycles. The zero-order chi connectivity index (χ0) is 15.8. The molecule has 0 fully saturated rings. The SMILES string of the molecule is CCN(CC)CCSCC(=O)Nc1cc(Br)cc(C)c1N. The molecule has 0 bridgehead atoms. The zero-order valence-corrected chi connectivity index (χ0v) is 15.3. The predicted octanol–water partition coefficient (Wildman–Crippen LogP) is 3.35. The third-order valence-electron chi connectivity index (χ3n) is 3.31. The molecule has 1 rings (SSSR count). The molecule has 6 heteroatoms. The van der Waals surface area contributed by atoms with E-state index >= 15 is 0 Å². The van der Waals surface area contributed by atoms with E-state index in [1.807, 2.05) is 19.1 Å². The summed E-state index contributed by atoms with van der Waals surface area (Å²) in [5.74, 6) is 1.40. The van der Waals surface area contributed by atoms with Crippen molar-refractivity contribution < 1.29 is 4.79 Å². The minimum absolute atomic E-state index is 0.0104. The van der Waals surface area contributed by atoms with Gasteiger partial charge in [0.2, 0.25) is 5.91 Å². The molecule has 4 nitrogen and oxygen atoms in total. The Morgan fingerprint density at radius 3 is 2.67 bits per heavy atom. The molecule has 118 valence electrons. The molecule has 0 radical (unpaired) electrons. The number of carbonyl (C=O) groups is 1. The topological polar surface area (TPSA) is 58.4 Å². The Labute approximate surface area is 140 Å². The molecule has 0 saturated heterocycles. The average Bonchev–Trinajstić information content (AvgIpc) is 2.44. The smallest absolute Gasteiger partial charge is 0.234 e. The summed E-state index contributed by atoms with van der Waals surface area (Å²) in [6.07, 6.45) is 0. The molecule has 0 heterocycles. The van der Waals surface area contributed by atoms with Crippen LogP contribution < -0.4 is 11.1 Å². The summed E-state index contributed by atoms with van der Waals surface area (Å²) in [6.45, 7) is 9.35. The van der Waals surface area contributed by atoms with Gasteiger partial charge >= 0.3 is 0 Å². The number of halogens is 1. The number of nitrogen functional groups attached to an aromatic ring is 1. The number of hydrogen-bond acceptors (Lipinski definition) is 4. The van der Waals surface area contributed by atoms with Crippen molar-refractivity contribution in [1.82, 2.24) is 4.90 Å². The Bertz CT molecular complexity index is 478. The van der Waals surface area contributed by atoms with E-state index in [0.717, 1.165) is 35.4 Å². The minimum Gasteiger partial charge on any atom is -0.397 e. The monoisotopic (exact) mass is 373 g/mol. The summed E-state index contributed by atoms with van der Waals surface area (Å²) in [5, 5.41) is 2.88. The van der Waals surface area contributed by atoms with Gasteiger partial charge in [-0.15, -0.1) is 0 Å². The van der Waals surface area contributed by atoms with Gasteiger partial charge < -0.3 is 16.0 Å². The van der Waals surface area contributed by atoms with Crippen LogP contribution in [0.5, 0.6) is 0 Å². The van der Waals surface area contributed by atoms with Crippen molar-refractivity contribution in [3.05, 3.63) is 22.2 Å². The molecule has 1 aromatic rings. The molecule has 3 N–H and O–H groups in total. The van der Waals surface area contributed by atoms with Gasteiger partial charge in [-0.3, -0.25) is 4.79 Å². The predicted molar refractivity (Wildman–Crippen MR) is 97.0 cm³/mol. The molecule has 0 atom stereocenters. The maximum Gasteiger partial charge on any atom is 0.234 e. The first kappa shape index (κ1) is 18.3. The van der Waals surface area contributed by atoms with Crippen LogP contribution in [0.2, 0.25) is 0 Å². The summed E-state index contributed by atoms with van der Waals surface area (Å²) in [5.41, 5.74) is 8.24. The number of nitrogens with zero attached hydrogens (tertiary/aromatic N) is 1. The molecular formula is C15H24BrN3OS. The molecule has 21 heavy (non-hydrogen) atoms. The summed E-state index contributed by atoms with van der Waals surface area (Å²) in [7, 11) is 0. The second-order valence-corrected chi connectivity index (χ2v) is 6.83. The van der Waals surface area contributed by atoms with Crippen LogP contribution in [0.4, 0.5) is 11.4 Å². The lowest BCUT2D eigenvalue weighted by Crippen LogP contribution is -2.26. The van der Waals surface area contributed by atoms with E-state index < -0.39 is 0 Å². The third kappa shape index (κ3) is 6.28. The van der Waals surface area contributed by atoms with E-state index in [0.29, 0.717) is 17.1 Å². The van der Waals surface area contributed by atoms with Crippen molar-refractivity contribution in [2.45, 2.75) is 20.8 Å². The molecule has 1 aromatic carbocycles. The average molecular weight is 374 g/mol. The van der Waals surface area contributed by atoms with Crippen LogP contribution in [0.15, 0.2) is 16.6 Å². The Balaban J connectivity index is 2.41. The van der Waals surface area contributed by atoms with Gasteiger partial charge in [0.05, 0.1) is 17.1 Å². The lowest BCUT2D eigenvalue weighted by Gasteiger charge is -2.17. The zero-order valence-electron chi connectivity index (χ0n) is 12.9. The molecular weight excluding hydrogens is 350 g/mol. The fourth-order valence-electron chi connectivity index (χ4n) is 1.94. The van der Waals surface area contributed by atoms with Crippen LogP contribution in [-0.2, 0) is 4.79 Å². The van der Waals surface area contributed by atoms with Crippen molar-refractivity contribution in [1.29, 1.82) is 0 Å². The summed E-state index contributed by atoms with van der Waals surface area (Å²) in [6, 6.07) is 3.77. The molecule has 1 amide bonds. The Kier molecular flexibility index (Phi) is 8.14. The minimum atomic E-state index is -0.0104. The maximum atomic E-state index is 12.0. The van der Waals surface area contributed by atoms with Gasteiger partial charge in [0.1, 0.15) is 0 Å². The Hall–Kier alpha value is -0.720. The van der Waals surface area contributed by atoms with Crippen molar-refractivity contribution in [3.8, 4) is 0 Å². The van der Waals surface area contributed by atoms with Crippen LogP contribution in [0, 0.1) is 6.92 Å². The van der Waals surface area contributed by atoms with Crippen molar-refractivity contribution in [2.24, 2.45) is 0 Å². The number of nitrogens with one attached hydrogen (secondary N) is 1. The fraction of sp³-hybridized carbons (Fsp3) is 0.533. The molecule has 0 saturated carbocycles. The van der Waals surface area contributed by atoms with Crippen LogP contribution in [0.1, 0.15) is 19.4 Å². The van der Waals surface area contributed by atoms with E-state index in [-0.39, 0.29) is 5.91 Å². The van der Waals surface area contributed by atoms with Crippen molar-refractivity contribution >= 4 is 45.0 Å². The van der Waals surface area contributed by atoms with Gasteiger partial charge in [-0.2, -0.15) is 11.8 Å². The maximum absolute atomic E-state index is 12.0. The van der Waals surface area contributed by atoms with E-state index in [1.54, 1.807) is 11.8 Å². The van der Waals surface area contributed by atoms with E-state index in [2.05, 4.69) is 40.0 Å². The van der Waals surface area contributed by atoms with Crippen LogP contribution in [0.25, 0.3) is 0 Å². The number of anilines is 2. The lowest BCUT2D eigenvalue weighted by atomic mass is 10.2. The van der Waals surface area contributed by atoms with Crippen LogP contribution in [0.3, 0.4) is 0 Å². The highest BCUT2D eigenvalue weighted by atomic mass is 79.9. The number of rotatable bonds is 8. The molecule has 0 aliphatic carbocycles. The number of aryl methyl sites for hydroxylation is 1. The summed E-state index contributed by atoms with van der Waals surface area (Å²) >= 11 is 5.06. The van der Waals surface area contributed by atoms with Gasteiger partial charge in [-0.1, -0.05) is 29.8 Å². The second-order valence-electron chi connectivity index (χ2n) is 4.81. The highest BCUT2D eigenvalue weighted by Gasteiger charge is 2.09. The molecule has 0 unspecified atom stereocenters. The van der Waals surface area contributed by atoms with Crippen molar-refractivity contribution in [3.63, 3.8) is 0 Å². The Morgan fingerprint density at radius 2 is 2.05 bits per heavy atom. The number of nitrogens with two attached hydrogens (primary N) is 1. The fourth-order valence-corrected chi connectivity index (χ4v) is 3.30. The summed E-state index contributed by atoms with van der Waals surface area (Å²) < 4.78 is 0.915. The molecule has 0 aliphatic rings. The Morgan fingerprint density at radius 1 is 1.38 bits per heavy atom. The van der Waals surface area contributed by atoms with Gasteiger partial charge in [-0.05, 0) is 37.7 Å². The number of benzene rings is 1.